The van der Waals surface area contributed by atoms with Crippen molar-refractivity contribution in [1.29, 1.82) is 0 Å². The van der Waals surface area contributed by atoms with Crippen molar-refractivity contribution in [2.75, 3.05) is 18.6 Å². The molecule has 0 saturated carbocycles. The number of anilines is 1. The van der Waals surface area contributed by atoms with Crippen molar-refractivity contribution in [1.82, 2.24) is 19.5 Å². The maximum atomic E-state index is 11.9. The lowest BCUT2D eigenvalue weighted by Gasteiger charge is -2.17. The van der Waals surface area contributed by atoms with Crippen LogP contribution in [-0.2, 0) is 14.0 Å². The number of rotatable bonds is 8. The van der Waals surface area contributed by atoms with Gasteiger partial charge in [-0.15, -0.1) is 0 Å². The zero-order valence-corrected chi connectivity index (χ0v) is 16.2. The van der Waals surface area contributed by atoms with Gasteiger partial charge < -0.3 is 15.2 Å². The van der Waals surface area contributed by atoms with Gasteiger partial charge in [-0.3, -0.25) is 18.9 Å². The fraction of sp³-hybridized carbons (Fsp3) is 0.545. The Morgan fingerprint density at radius 1 is 1.65 bits per heavy atom. The third-order valence-corrected chi connectivity index (χ3v) is 8.24. The minimum Gasteiger partial charge on any atom is -0.369 e. The topological polar surface area (TPSA) is 174 Å². The molecule has 0 radical (unpaired) electrons. The summed E-state index contributed by atoms with van der Waals surface area (Å²) in [6.45, 7) is -0.103. The van der Waals surface area contributed by atoms with E-state index in [1.165, 1.54) is 6.33 Å². The molecule has 1 saturated heterocycles. The molecule has 138 valence electrons. The highest BCUT2D eigenvalue weighted by molar-refractivity contribution is 8.40. The number of imidazole rings is 1. The Kier molecular flexibility index (Phi) is 6.48. The van der Waals surface area contributed by atoms with E-state index in [9.17, 15) is 9.36 Å². The van der Waals surface area contributed by atoms with E-state index in [-0.39, 0.29) is 38.6 Å². The molecule has 12 nitrogen and oxygen atoms in total. The molecule has 26 heavy (non-hydrogen) atoms. The molecule has 3 N–H and O–H groups in total. The highest BCUT2D eigenvalue weighted by atomic mass is 32.4. The maximum absolute atomic E-state index is 11.9. The zero-order valence-electron chi connectivity index (χ0n) is 13.3. The molecular formula is C11H15N8O4P3. The number of aromatic amines is 1. The number of nitrogens with two attached hydrogens (primary N) is 1. The van der Waals surface area contributed by atoms with Crippen LogP contribution in [0.5, 0.6) is 0 Å². The predicted octanol–water partition coefficient (Wildman–Crippen LogP) is 2.12. The molecule has 0 bridgehead atoms. The van der Waals surface area contributed by atoms with E-state index >= 15 is 0 Å². The van der Waals surface area contributed by atoms with Gasteiger partial charge in [-0.1, -0.05) is 13.4 Å². The van der Waals surface area contributed by atoms with Crippen LogP contribution in [0.1, 0.15) is 12.6 Å². The average molecular weight is 416 g/mol. The van der Waals surface area contributed by atoms with E-state index in [2.05, 4.69) is 25.0 Å². The van der Waals surface area contributed by atoms with Gasteiger partial charge in [0.05, 0.1) is 18.5 Å². The molecule has 3 heterocycles. The summed E-state index contributed by atoms with van der Waals surface area (Å²) in [6, 6.07) is 0. The molecule has 1 aliphatic rings. The van der Waals surface area contributed by atoms with Gasteiger partial charge in [0.25, 0.3) is 5.56 Å². The summed E-state index contributed by atoms with van der Waals surface area (Å²) in [5, 5.41) is 3.39. The number of nitrogens with one attached hydrogen (secondary N) is 1. The Morgan fingerprint density at radius 3 is 3.27 bits per heavy atom. The first kappa shape index (κ1) is 19.1. The largest absolute Gasteiger partial charge is 0.369 e. The molecule has 5 atom stereocenters. The number of nitrogens with zero attached hydrogens (tertiary/aromatic N) is 6. The van der Waals surface area contributed by atoms with Crippen molar-refractivity contribution in [3.8, 4) is 0 Å². The number of nitrogen functional groups attached to an aromatic ring is 1. The van der Waals surface area contributed by atoms with Gasteiger partial charge in [0.15, 0.2) is 19.3 Å². The molecule has 2 aromatic rings. The zero-order chi connectivity index (χ0) is 18.5. The van der Waals surface area contributed by atoms with Crippen LogP contribution < -0.4 is 11.3 Å². The summed E-state index contributed by atoms with van der Waals surface area (Å²) >= 11 is 0. The first-order valence-corrected chi connectivity index (χ1v) is 12.3. The molecule has 0 aliphatic carbocycles. The average Bonchev–Trinajstić information content (AvgIpc) is 3.19. The Bertz CT molecular complexity index is 897. The van der Waals surface area contributed by atoms with Crippen molar-refractivity contribution < 1.29 is 14.0 Å². The van der Waals surface area contributed by atoms with Crippen molar-refractivity contribution in [2.24, 2.45) is 5.11 Å². The molecule has 15 heteroatoms. The summed E-state index contributed by atoms with van der Waals surface area (Å²) in [6.07, 6.45) is 1.61. The van der Waals surface area contributed by atoms with Gasteiger partial charge >= 0.3 is 0 Å². The van der Waals surface area contributed by atoms with E-state index in [0.29, 0.717) is 34.5 Å². The van der Waals surface area contributed by atoms with Gasteiger partial charge in [0, 0.05) is 11.3 Å². The molecule has 2 aromatic heterocycles. The Morgan fingerprint density at radius 2 is 2.50 bits per heavy atom. The number of ether oxygens (including phenoxy) is 2. The first-order valence-electron chi connectivity index (χ1n) is 7.44. The second-order valence-corrected chi connectivity index (χ2v) is 10.7. The molecule has 0 spiro atoms. The molecule has 3 rings (SSSR count). The fourth-order valence-corrected chi connectivity index (χ4v) is 5.91. The quantitative estimate of drug-likeness (QED) is 0.218. The molecular weight excluding hydrogens is 401 g/mol. The summed E-state index contributed by atoms with van der Waals surface area (Å²) in [5.74, 6) is -0.00732. The van der Waals surface area contributed by atoms with Crippen LogP contribution in [0.15, 0.2) is 16.2 Å². The predicted molar refractivity (Wildman–Crippen MR) is 99.1 cm³/mol. The van der Waals surface area contributed by atoms with E-state index in [1.807, 2.05) is 0 Å². The minimum absolute atomic E-state index is 0.00732. The van der Waals surface area contributed by atoms with Crippen LogP contribution in [0.3, 0.4) is 0 Å². The van der Waals surface area contributed by atoms with Gasteiger partial charge in [0.1, 0.15) is 13.0 Å². The lowest BCUT2D eigenvalue weighted by atomic mass is 10.2. The maximum Gasteiger partial charge on any atom is 0.280 e. The van der Waals surface area contributed by atoms with E-state index < -0.39 is 11.8 Å². The van der Waals surface area contributed by atoms with E-state index in [1.54, 1.807) is 4.57 Å². The molecule has 0 amide bonds. The van der Waals surface area contributed by atoms with Crippen LogP contribution in [0.2, 0.25) is 0 Å². The van der Waals surface area contributed by atoms with Gasteiger partial charge in [-0.25, -0.2) is 4.98 Å². The van der Waals surface area contributed by atoms with Crippen molar-refractivity contribution in [2.45, 2.75) is 24.9 Å². The van der Waals surface area contributed by atoms with Crippen LogP contribution in [0.25, 0.3) is 21.6 Å². The highest BCUT2D eigenvalue weighted by Gasteiger charge is 2.37. The van der Waals surface area contributed by atoms with E-state index in [0.717, 1.165) is 0 Å². The van der Waals surface area contributed by atoms with E-state index in [4.69, 9.17) is 20.7 Å². The van der Waals surface area contributed by atoms with Crippen LogP contribution >= 0.6 is 24.4 Å². The lowest BCUT2D eigenvalue weighted by Crippen LogP contribution is -2.26. The van der Waals surface area contributed by atoms with Crippen LogP contribution in [0.4, 0.5) is 5.95 Å². The van der Waals surface area contributed by atoms with Crippen LogP contribution in [0, 0.1) is 0 Å². The highest BCUT2D eigenvalue weighted by Crippen LogP contribution is 2.48. The van der Waals surface area contributed by atoms with Crippen molar-refractivity contribution >= 4 is 41.5 Å². The second-order valence-electron chi connectivity index (χ2n) is 5.29. The number of fused-ring (bicyclic) bond motifs is 1. The fourth-order valence-electron chi connectivity index (χ4n) is 2.72. The summed E-state index contributed by atoms with van der Waals surface area (Å²) in [7, 11) is 0.902. The summed E-state index contributed by atoms with van der Waals surface area (Å²) < 4.78 is 24.0. The third kappa shape index (κ3) is 4.18. The normalized spacial score (nSPS) is 23.6. The smallest absolute Gasteiger partial charge is 0.280 e. The van der Waals surface area contributed by atoms with Gasteiger partial charge in [-0.05, 0) is 19.7 Å². The number of hydrogen-bond acceptors (Lipinski definition) is 8. The third-order valence-electron chi connectivity index (χ3n) is 3.78. The number of azide groups is 1. The Labute approximate surface area is 151 Å². The summed E-state index contributed by atoms with van der Waals surface area (Å²) in [4.78, 5) is 25.2. The summed E-state index contributed by atoms with van der Waals surface area (Å²) in [5.41, 5.74) is 14.1. The van der Waals surface area contributed by atoms with Crippen LogP contribution in [-0.4, -0.2) is 44.6 Å². The van der Waals surface area contributed by atoms with Gasteiger partial charge in [0.2, 0.25) is 5.95 Å². The van der Waals surface area contributed by atoms with Gasteiger partial charge in [-0.2, -0.15) is 4.98 Å². The molecule has 3 unspecified atom stereocenters. The number of H-pyrrole nitrogens is 1. The van der Waals surface area contributed by atoms with Crippen molar-refractivity contribution in [3.63, 3.8) is 0 Å². The number of aromatic nitrogens is 4. The Hall–Kier alpha value is -1.66. The monoisotopic (exact) mass is 416 g/mol. The lowest BCUT2D eigenvalue weighted by molar-refractivity contribution is -0.0236. The molecule has 1 fully saturated rings. The molecule has 1 aliphatic heterocycles. The first-order chi connectivity index (χ1) is 12.6. The number of hydrogen-bond donors (Lipinski definition) is 2. The SMILES string of the molecule is [N-]=[N+]=NCOC1C[C@H](n2cnc3c(=O)[nH]c(N)nc32)O[C@@H]1CPPP=O. The van der Waals surface area contributed by atoms with Crippen molar-refractivity contribution in [3.05, 3.63) is 27.1 Å². The molecule has 0 aromatic carbocycles. The Balaban J connectivity index is 1.82. The second kappa shape index (κ2) is 8.82. The standard InChI is InChI=1S/C11H15N8O4P3/c12-11-16-9-8(10(20)17-11)14-3-19(9)7-1-5(22-4-15-18-13)6(23-7)2-24-26-25-21/h3,5-7,24,26H,1-2,4H2,(H3,12,16,17,20)/t5?,6-,7-/m1/s1. The minimum atomic E-state index is -0.451.